The van der Waals surface area contributed by atoms with E-state index in [1.54, 1.807) is 12.1 Å². The number of hydrogen-bond donors (Lipinski definition) is 0. The van der Waals surface area contributed by atoms with Gasteiger partial charge in [-0.15, -0.1) is 0 Å². The number of aliphatic imine (C=N–C) groups is 1. The number of nitro groups is 1. The van der Waals surface area contributed by atoms with Crippen LogP contribution in [-0.4, -0.2) is 23.4 Å². The van der Waals surface area contributed by atoms with Crippen molar-refractivity contribution in [2.24, 2.45) is 4.99 Å². The minimum absolute atomic E-state index is 0.0124. The van der Waals surface area contributed by atoms with E-state index in [1.165, 1.54) is 24.3 Å². The normalized spacial score (nSPS) is 13.9. The molecule has 0 unspecified atom stereocenters. The van der Waals surface area contributed by atoms with Gasteiger partial charge in [-0.1, -0.05) is 35.3 Å². The van der Waals surface area contributed by atoms with Crippen molar-refractivity contribution < 1.29 is 23.9 Å². The van der Waals surface area contributed by atoms with Crippen LogP contribution in [0.1, 0.15) is 23.6 Å². The fraction of sp³-hybridized carbons (Fsp3) is 0.120. The van der Waals surface area contributed by atoms with Gasteiger partial charge in [0.1, 0.15) is 6.61 Å². The second-order valence-corrected chi connectivity index (χ2v) is 9.44. The van der Waals surface area contributed by atoms with Crippen molar-refractivity contribution >= 4 is 69.4 Å². The van der Waals surface area contributed by atoms with Gasteiger partial charge >= 0.3 is 5.97 Å². The molecule has 1 aliphatic rings. The van der Waals surface area contributed by atoms with Crippen LogP contribution in [0.4, 0.5) is 5.69 Å². The summed E-state index contributed by atoms with van der Waals surface area (Å²) in [6.45, 7) is 2.55. The van der Waals surface area contributed by atoms with Gasteiger partial charge in [-0.25, -0.2) is 9.79 Å². The van der Waals surface area contributed by atoms with Crippen LogP contribution in [0.25, 0.3) is 6.08 Å². The highest BCUT2D eigenvalue weighted by Gasteiger charge is 2.27. The summed E-state index contributed by atoms with van der Waals surface area (Å²) in [5.74, 6) is 0.236. The van der Waals surface area contributed by atoms with Crippen molar-refractivity contribution in [2.75, 3.05) is 6.61 Å². The Bertz CT molecular complexity index is 1420. The summed E-state index contributed by atoms with van der Waals surface area (Å²) in [5, 5.41) is 11.9. The van der Waals surface area contributed by atoms with Gasteiger partial charge < -0.3 is 14.2 Å². The lowest BCUT2D eigenvalue weighted by molar-refractivity contribution is -0.384. The molecule has 0 spiro atoms. The molecule has 0 saturated carbocycles. The third-order valence-corrected chi connectivity index (χ3v) is 6.28. The summed E-state index contributed by atoms with van der Waals surface area (Å²) in [7, 11) is 0. The van der Waals surface area contributed by atoms with Gasteiger partial charge in [0.25, 0.3) is 5.69 Å². The van der Waals surface area contributed by atoms with Crippen molar-refractivity contribution in [1.82, 2.24) is 0 Å². The first-order chi connectivity index (χ1) is 17.2. The largest absolute Gasteiger partial charge is 0.490 e. The molecule has 0 amide bonds. The third-order valence-electron chi connectivity index (χ3n) is 4.92. The fourth-order valence-corrected chi connectivity index (χ4v) is 4.52. The van der Waals surface area contributed by atoms with E-state index < -0.39 is 10.9 Å². The molecule has 0 aromatic heterocycles. The highest BCUT2D eigenvalue weighted by atomic mass is 127. The number of carbonyl (C=O) groups excluding carboxylic acids is 1. The van der Waals surface area contributed by atoms with Crippen LogP contribution in [0.3, 0.4) is 0 Å². The van der Waals surface area contributed by atoms with Gasteiger partial charge in [0.2, 0.25) is 5.90 Å². The zero-order valence-electron chi connectivity index (χ0n) is 18.7. The molecule has 11 heteroatoms. The van der Waals surface area contributed by atoms with Crippen molar-refractivity contribution in [3.05, 3.63) is 101 Å². The minimum Gasteiger partial charge on any atom is -0.490 e. The first kappa shape index (κ1) is 25.9. The van der Waals surface area contributed by atoms with Gasteiger partial charge in [0.05, 0.1) is 25.7 Å². The Morgan fingerprint density at radius 1 is 1.14 bits per heavy atom. The molecule has 0 atom stereocenters. The van der Waals surface area contributed by atoms with Crippen LogP contribution in [0.5, 0.6) is 11.5 Å². The van der Waals surface area contributed by atoms with Crippen LogP contribution in [0, 0.1) is 13.7 Å². The number of cyclic esters (lactones) is 1. The van der Waals surface area contributed by atoms with E-state index in [9.17, 15) is 14.9 Å². The second kappa shape index (κ2) is 11.3. The van der Waals surface area contributed by atoms with Gasteiger partial charge in [0, 0.05) is 17.2 Å². The minimum atomic E-state index is -0.707. The van der Waals surface area contributed by atoms with Crippen LogP contribution in [0.15, 0.2) is 65.3 Å². The second-order valence-electron chi connectivity index (χ2n) is 7.44. The molecule has 0 aliphatic carbocycles. The first-order valence-corrected chi connectivity index (χ1v) is 12.4. The highest BCUT2D eigenvalue weighted by molar-refractivity contribution is 14.1. The molecule has 8 nitrogen and oxygen atoms in total. The maximum atomic E-state index is 12.5. The maximum absolute atomic E-state index is 12.5. The van der Waals surface area contributed by atoms with Gasteiger partial charge in [-0.05, 0) is 77.0 Å². The molecule has 0 radical (unpaired) electrons. The fourth-order valence-electron chi connectivity index (χ4n) is 3.33. The summed E-state index contributed by atoms with van der Waals surface area (Å²) in [6.07, 6.45) is 1.53. The third kappa shape index (κ3) is 5.97. The Morgan fingerprint density at radius 2 is 1.94 bits per heavy atom. The Labute approximate surface area is 229 Å². The Hall–Kier alpha value is -3.15. The molecular weight excluding hydrogens is 622 g/mol. The number of ether oxygens (including phenoxy) is 3. The van der Waals surface area contributed by atoms with Crippen molar-refractivity contribution in [3.8, 4) is 11.5 Å². The van der Waals surface area contributed by atoms with E-state index in [0.29, 0.717) is 35.3 Å². The number of benzene rings is 3. The molecule has 3 aromatic rings. The number of nitrogens with zero attached hydrogens (tertiary/aromatic N) is 2. The number of halogens is 3. The van der Waals surface area contributed by atoms with E-state index in [2.05, 4.69) is 27.6 Å². The predicted molar refractivity (Wildman–Crippen MR) is 145 cm³/mol. The van der Waals surface area contributed by atoms with Crippen molar-refractivity contribution in [3.63, 3.8) is 0 Å². The molecule has 184 valence electrons. The Morgan fingerprint density at radius 3 is 2.67 bits per heavy atom. The number of carbonyl (C=O) groups is 1. The molecule has 0 fully saturated rings. The van der Waals surface area contributed by atoms with Gasteiger partial charge in [0.15, 0.2) is 17.2 Å². The van der Waals surface area contributed by atoms with Crippen LogP contribution < -0.4 is 9.47 Å². The zero-order valence-corrected chi connectivity index (χ0v) is 22.3. The lowest BCUT2D eigenvalue weighted by Gasteiger charge is -2.15. The smallest absolute Gasteiger partial charge is 0.363 e. The lowest BCUT2D eigenvalue weighted by Crippen LogP contribution is -2.06. The van der Waals surface area contributed by atoms with E-state index in [4.69, 9.17) is 37.4 Å². The van der Waals surface area contributed by atoms with Crippen molar-refractivity contribution in [2.45, 2.75) is 13.5 Å². The Balaban J connectivity index is 1.64. The molecule has 36 heavy (non-hydrogen) atoms. The topological polar surface area (TPSA) is 100 Å². The lowest BCUT2D eigenvalue weighted by atomic mass is 10.1. The van der Waals surface area contributed by atoms with Crippen molar-refractivity contribution in [1.29, 1.82) is 0 Å². The van der Waals surface area contributed by atoms with Crippen LogP contribution in [0.2, 0.25) is 10.0 Å². The number of esters is 1. The number of rotatable bonds is 8. The molecule has 3 aromatic carbocycles. The average molecular weight is 639 g/mol. The molecule has 0 bridgehead atoms. The Kier molecular flexibility index (Phi) is 8.12. The molecule has 0 N–H and O–H groups in total. The summed E-state index contributed by atoms with van der Waals surface area (Å²) in [4.78, 5) is 27.3. The van der Waals surface area contributed by atoms with E-state index >= 15 is 0 Å². The van der Waals surface area contributed by atoms with E-state index in [0.717, 1.165) is 9.13 Å². The molecular formula is C25H17Cl2IN2O6. The predicted octanol–water partition coefficient (Wildman–Crippen LogP) is 6.83. The quantitative estimate of drug-likeness (QED) is 0.0882. The number of hydrogen-bond acceptors (Lipinski definition) is 7. The average Bonchev–Trinajstić information content (AvgIpc) is 3.18. The summed E-state index contributed by atoms with van der Waals surface area (Å²) < 4.78 is 17.8. The summed E-state index contributed by atoms with van der Waals surface area (Å²) >= 11 is 14.3. The standard InChI is InChI=1S/C25H17Cl2IN2O6/c1-2-34-22-11-15(9-20(28)23(22)35-13-14-4-3-5-16(26)8-14)10-21-25(31)36-24(29-21)18-12-17(30(32)33)6-7-19(18)27/h3-12H,2,13H2,1H3/b21-10-. The van der Waals surface area contributed by atoms with E-state index in [1.807, 2.05) is 31.2 Å². The maximum Gasteiger partial charge on any atom is 0.363 e. The molecule has 0 saturated heterocycles. The number of non-ortho nitro benzene ring substituents is 1. The first-order valence-electron chi connectivity index (χ1n) is 10.6. The molecule has 4 rings (SSSR count). The van der Waals surface area contributed by atoms with Gasteiger partial charge in [-0.3, -0.25) is 10.1 Å². The monoisotopic (exact) mass is 638 g/mol. The SMILES string of the molecule is CCOc1cc(/C=C2\N=C(c3cc([N+](=O)[O-])ccc3Cl)OC2=O)cc(I)c1OCc1cccc(Cl)c1. The molecule has 1 aliphatic heterocycles. The zero-order chi connectivity index (χ0) is 25.8. The van der Waals surface area contributed by atoms with Crippen LogP contribution in [-0.2, 0) is 16.1 Å². The van der Waals surface area contributed by atoms with Gasteiger partial charge in [-0.2, -0.15) is 0 Å². The van der Waals surface area contributed by atoms with E-state index in [-0.39, 0.29) is 27.9 Å². The number of nitro benzene ring substituents is 1. The summed E-state index contributed by atoms with van der Waals surface area (Å²) in [5.41, 5.74) is 1.49. The summed E-state index contributed by atoms with van der Waals surface area (Å²) in [6, 6.07) is 14.7. The highest BCUT2D eigenvalue weighted by Crippen LogP contribution is 2.36. The van der Waals surface area contributed by atoms with Crippen LogP contribution >= 0.6 is 45.8 Å². The molecule has 1 heterocycles.